The van der Waals surface area contributed by atoms with Crippen LogP contribution in [-0.4, -0.2) is 54.4 Å². The lowest BCUT2D eigenvalue weighted by molar-refractivity contribution is -0.120. The van der Waals surface area contributed by atoms with E-state index in [4.69, 9.17) is 4.74 Å². The molecule has 4 rings (SSSR count). The maximum Gasteiger partial charge on any atom is 0.241 e. The molecule has 2 aromatic rings. The van der Waals surface area contributed by atoms with Gasteiger partial charge in [0.05, 0.1) is 18.8 Å². The number of rotatable bonds is 4. The van der Waals surface area contributed by atoms with Crippen molar-refractivity contribution in [2.75, 3.05) is 37.7 Å². The monoisotopic (exact) mass is 365 g/mol. The fourth-order valence-electron chi connectivity index (χ4n) is 3.84. The van der Waals surface area contributed by atoms with Gasteiger partial charge in [-0.15, -0.1) is 0 Å². The van der Waals surface area contributed by atoms with E-state index in [1.165, 1.54) is 0 Å². The Hall–Kier alpha value is -2.73. The summed E-state index contributed by atoms with van der Waals surface area (Å²) in [5.41, 5.74) is 1.34. The fourth-order valence-corrected chi connectivity index (χ4v) is 3.84. The number of hydrogen-bond donors (Lipinski definition) is 0. The van der Waals surface area contributed by atoms with Crippen LogP contribution in [0.4, 0.5) is 5.69 Å². The number of anilines is 1. The highest BCUT2D eigenvalue weighted by atomic mass is 16.5. The van der Waals surface area contributed by atoms with Gasteiger partial charge in [-0.25, -0.2) is 0 Å². The van der Waals surface area contributed by atoms with Crippen LogP contribution in [0.5, 0.6) is 5.75 Å². The lowest BCUT2D eigenvalue weighted by atomic mass is 9.92. The van der Waals surface area contributed by atoms with Crippen LogP contribution in [0.25, 0.3) is 0 Å². The molecule has 0 spiro atoms. The summed E-state index contributed by atoms with van der Waals surface area (Å²) in [4.78, 5) is 33.7. The number of ketones is 1. The summed E-state index contributed by atoms with van der Waals surface area (Å²) >= 11 is 0. The number of amides is 1. The summed E-state index contributed by atoms with van der Waals surface area (Å²) in [5, 5.41) is 0. The maximum absolute atomic E-state index is 12.9. The lowest BCUT2D eigenvalue weighted by Gasteiger charge is -2.34. The molecule has 0 bridgehead atoms. The summed E-state index contributed by atoms with van der Waals surface area (Å²) < 4.78 is 5.63. The largest absolute Gasteiger partial charge is 0.490 e. The summed E-state index contributed by atoms with van der Waals surface area (Å²) in [6.07, 6.45) is 3.41. The molecule has 1 aromatic heterocycles. The Bertz CT molecular complexity index is 824. The number of benzene rings is 1. The highest BCUT2D eigenvalue weighted by Gasteiger charge is 2.30. The van der Waals surface area contributed by atoms with Crippen LogP contribution in [0.2, 0.25) is 0 Å². The third-order valence-electron chi connectivity index (χ3n) is 5.18. The summed E-state index contributed by atoms with van der Waals surface area (Å²) in [6, 6.07) is 13.0. The fraction of sp³-hybridized carbons (Fsp3) is 0.381. The second-order valence-corrected chi connectivity index (χ2v) is 7.02. The molecule has 2 aliphatic heterocycles. The first-order valence-electron chi connectivity index (χ1n) is 9.42. The van der Waals surface area contributed by atoms with Gasteiger partial charge in [0.15, 0.2) is 5.78 Å². The molecule has 1 amide bonds. The van der Waals surface area contributed by atoms with Crippen molar-refractivity contribution < 1.29 is 14.3 Å². The van der Waals surface area contributed by atoms with E-state index in [0.29, 0.717) is 31.9 Å². The van der Waals surface area contributed by atoms with Gasteiger partial charge < -0.3 is 9.64 Å². The van der Waals surface area contributed by atoms with Gasteiger partial charge in [0.1, 0.15) is 18.1 Å². The van der Waals surface area contributed by atoms with Crippen molar-refractivity contribution in [2.24, 2.45) is 5.92 Å². The standard InChI is InChI=1S/C21H23N3O3/c25-20(24-12-13-27-19-9-2-1-8-18(19)24)15-23-11-5-6-16(14-23)21(26)17-7-3-4-10-22-17/h1-4,7-10,16H,5-6,11-15H2. The number of Topliss-reactive ketones (excluding diaryl/α,β-unsaturated/α-hetero) is 1. The first-order valence-corrected chi connectivity index (χ1v) is 9.42. The Kier molecular flexibility index (Phi) is 5.16. The van der Waals surface area contributed by atoms with Crippen molar-refractivity contribution >= 4 is 17.4 Å². The SMILES string of the molecule is O=C(c1ccccn1)C1CCCN(CC(=O)N2CCOc3ccccc32)C1. The average molecular weight is 365 g/mol. The zero-order valence-corrected chi connectivity index (χ0v) is 15.2. The molecule has 6 nitrogen and oxygen atoms in total. The molecule has 0 N–H and O–H groups in total. The molecular weight excluding hydrogens is 342 g/mol. The Morgan fingerprint density at radius 2 is 1.96 bits per heavy atom. The highest BCUT2D eigenvalue weighted by Crippen LogP contribution is 2.31. The van der Waals surface area contributed by atoms with Crippen LogP contribution in [-0.2, 0) is 4.79 Å². The van der Waals surface area contributed by atoms with E-state index in [9.17, 15) is 9.59 Å². The van der Waals surface area contributed by atoms with Crippen LogP contribution in [0.15, 0.2) is 48.7 Å². The first-order chi connectivity index (χ1) is 13.2. The quantitative estimate of drug-likeness (QED) is 0.779. The number of carbonyl (C=O) groups excluding carboxylic acids is 2. The molecular formula is C21H23N3O3. The van der Waals surface area contributed by atoms with Crippen LogP contribution in [0.1, 0.15) is 23.3 Å². The Balaban J connectivity index is 1.41. The van der Waals surface area contributed by atoms with Gasteiger partial charge in [-0.2, -0.15) is 0 Å². The van der Waals surface area contributed by atoms with Gasteiger partial charge in [0, 0.05) is 18.7 Å². The minimum Gasteiger partial charge on any atom is -0.490 e. The minimum absolute atomic E-state index is 0.0525. The molecule has 1 aromatic carbocycles. The van der Waals surface area contributed by atoms with Gasteiger partial charge in [-0.05, 0) is 43.7 Å². The van der Waals surface area contributed by atoms with E-state index in [-0.39, 0.29) is 17.6 Å². The molecule has 0 aliphatic carbocycles. The van der Waals surface area contributed by atoms with E-state index in [2.05, 4.69) is 9.88 Å². The van der Waals surface area contributed by atoms with Gasteiger partial charge in [0.25, 0.3) is 0 Å². The molecule has 0 radical (unpaired) electrons. The molecule has 1 saturated heterocycles. The van der Waals surface area contributed by atoms with Crippen molar-refractivity contribution in [2.45, 2.75) is 12.8 Å². The summed E-state index contributed by atoms with van der Waals surface area (Å²) in [5.74, 6) is 0.776. The molecule has 1 fully saturated rings. The number of likely N-dealkylation sites (tertiary alicyclic amines) is 1. The van der Waals surface area contributed by atoms with Crippen molar-refractivity contribution in [3.05, 3.63) is 54.4 Å². The van der Waals surface area contributed by atoms with Crippen molar-refractivity contribution in [1.29, 1.82) is 0 Å². The van der Waals surface area contributed by atoms with E-state index in [0.717, 1.165) is 30.8 Å². The zero-order valence-electron chi connectivity index (χ0n) is 15.2. The average Bonchev–Trinajstić information content (AvgIpc) is 2.73. The predicted molar refractivity (Wildman–Crippen MR) is 102 cm³/mol. The molecule has 140 valence electrons. The zero-order chi connectivity index (χ0) is 18.6. The molecule has 1 atom stereocenters. The van der Waals surface area contributed by atoms with Gasteiger partial charge in [-0.3, -0.25) is 19.5 Å². The lowest BCUT2D eigenvalue weighted by Crippen LogP contribution is -2.47. The van der Waals surface area contributed by atoms with Crippen molar-refractivity contribution in [3.8, 4) is 5.75 Å². The smallest absolute Gasteiger partial charge is 0.241 e. The number of aromatic nitrogens is 1. The third kappa shape index (κ3) is 3.85. The molecule has 0 saturated carbocycles. The number of para-hydroxylation sites is 2. The second kappa shape index (κ2) is 7.88. The Morgan fingerprint density at radius 3 is 2.81 bits per heavy atom. The van der Waals surface area contributed by atoms with Gasteiger partial charge in [0.2, 0.25) is 5.91 Å². The van der Waals surface area contributed by atoms with Gasteiger partial charge in [-0.1, -0.05) is 18.2 Å². The predicted octanol–water partition coefficient (Wildman–Crippen LogP) is 2.40. The number of nitrogens with zero attached hydrogens (tertiary/aromatic N) is 3. The number of ether oxygens (including phenoxy) is 1. The number of hydrogen-bond acceptors (Lipinski definition) is 5. The van der Waals surface area contributed by atoms with Crippen LogP contribution in [0, 0.1) is 5.92 Å². The van der Waals surface area contributed by atoms with E-state index >= 15 is 0 Å². The van der Waals surface area contributed by atoms with Crippen LogP contribution >= 0.6 is 0 Å². The number of fused-ring (bicyclic) bond motifs is 1. The molecule has 3 heterocycles. The third-order valence-corrected chi connectivity index (χ3v) is 5.18. The minimum atomic E-state index is -0.0987. The first kappa shape index (κ1) is 17.7. The highest BCUT2D eigenvalue weighted by molar-refractivity contribution is 5.97. The molecule has 6 heteroatoms. The molecule has 27 heavy (non-hydrogen) atoms. The molecule has 1 unspecified atom stereocenters. The van der Waals surface area contributed by atoms with Crippen LogP contribution < -0.4 is 9.64 Å². The number of carbonyl (C=O) groups is 2. The Labute approximate surface area is 158 Å². The van der Waals surface area contributed by atoms with Crippen molar-refractivity contribution in [3.63, 3.8) is 0 Å². The van der Waals surface area contributed by atoms with Crippen molar-refractivity contribution in [1.82, 2.24) is 9.88 Å². The van der Waals surface area contributed by atoms with E-state index < -0.39 is 0 Å². The summed E-state index contributed by atoms with van der Waals surface area (Å²) in [6.45, 7) is 2.82. The van der Waals surface area contributed by atoms with Gasteiger partial charge >= 0.3 is 0 Å². The normalized spacial score (nSPS) is 19.9. The topological polar surface area (TPSA) is 62.7 Å². The van der Waals surface area contributed by atoms with E-state index in [1.807, 2.05) is 36.4 Å². The van der Waals surface area contributed by atoms with E-state index in [1.54, 1.807) is 17.2 Å². The Morgan fingerprint density at radius 1 is 1.11 bits per heavy atom. The maximum atomic E-state index is 12.9. The number of piperidine rings is 1. The second-order valence-electron chi connectivity index (χ2n) is 7.02. The summed E-state index contributed by atoms with van der Waals surface area (Å²) in [7, 11) is 0. The van der Waals surface area contributed by atoms with Crippen LogP contribution in [0.3, 0.4) is 0 Å². The molecule has 2 aliphatic rings. The number of pyridine rings is 1.